The molecular weight excluding hydrogens is 290 g/mol. The lowest BCUT2D eigenvalue weighted by Gasteiger charge is -2.33. The van der Waals surface area contributed by atoms with Gasteiger partial charge in [0, 0.05) is 38.4 Å². The van der Waals surface area contributed by atoms with Crippen molar-refractivity contribution in [3.63, 3.8) is 0 Å². The van der Waals surface area contributed by atoms with E-state index >= 15 is 0 Å². The lowest BCUT2D eigenvalue weighted by molar-refractivity contribution is 0.151. The molecule has 1 heterocycles. The number of benzene rings is 1. The number of piperazine rings is 1. The van der Waals surface area contributed by atoms with Crippen molar-refractivity contribution in [2.75, 3.05) is 45.1 Å². The van der Waals surface area contributed by atoms with Crippen LogP contribution < -0.4 is 5.73 Å². The summed E-state index contributed by atoms with van der Waals surface area (Å²) in [5.41, 5.74) is 7.39. The van der Waals surface area contributed by atoms with Crippen LogP contribution in [0.3, 0.4) is 0 Å². The molecule has 0 amide bonds. The van der Waals surface area contributed by atoms with Crippen LogP contribution in [0.2, 0.25) is 0 Å². The maximum absolute atomic E-state index is 12.6. The van der Waals surface area contributed by atoms with Crippen LogP contribution in [0.5, 0.6) is 0 Å². The number of hydrogen-bond donors (Lipinski definition) is 2. The molecule has 6 nitrogen and oxygen atoms in total. The molecule has 1 fully saturated rings. The molecule has 0 radical (unpaired) electrons. The van der Waals surface area contributed by atoms with Gasteiger partial charge in [-0.05, 0) is 24.1 Å². The summed E-state index contributed by atoms with van der Waals surface area (Å²) in [7, 11) is -3.48. The van der Waals surface area contributed by atoms with E-state index in [0.29, 0.717) is 38.4 Å². The summed E-state index contributed by atoms with van der Waals surface area (Å²) >= 11 is 0. The van der Waals surface area contributed by atoms with Crippen LogP contribution in [0.25, 0.3) is 0 Å². The number of nitrogens with zero attached hydrogens (tertiary/aromatic N) is 2. The average Bonchev–Trinajstić information content (AvgIpc) is 2.48. The number of nitrogens with two attached hydrogens (primary N) is 1. The van der Waals surface area contributed by atoms with Crippen molar-refractivity contribution in [2.24, 2.45) is 0 Å². The zero-order chi connectivity index (χ0) is 15.5. The number of aryl methyl sites for hydroxylation is 1. The number of rotatable bonds is 5. The molecule has 1 aliphatic rings. The number of sulfonamides is 1. The third-order valence-electron chi connectivity index (χ3n) is 3.88. The highest BCUT2D eigenvalue weighted by molar-refractivity contribution is 7.89. The largest absolute Gasteiger partial charge is 0.398 e. The van der Waals surface area contributed by atoms with Gasteiger partial charge in [-0.3, -0.25) is 4.90 Å². The first-order valence-electron chi connectivity index (χ1n) is 7.20. The van der Waals surface area contributed by atoms with Crippen LogP contribution in [0.1, 0.15) is 12.5 Å². The van der Waals surface area contributed by atoms with Gasteiger partial charge in [0.25, 0.3) is 0 Å². The van der Waals surface area contributed by atoms with Gasteiger partial charge in [0.05, 0.1) is 11.5 Å². The van der Waals surface area contributed by atoms with Crippen molar-refractivity contribution in [1.82, 2.24) is 9.21 Å². The van der Waals surface area contributed by atoms with Crippen LogP contribution in [0.4, 0.5) is 5.69 Å². The van der Waals surface area contributed by atoms with E-state index in [-0.39, 0.29) is 11.5 Å². The fourth-order valence-corrected chi connectivity index (χ4v) is 4.00. The van der Waals surface area contributed by atoms with Gasteiger partial charge < -0.3 is 10.8 Å². The van der Waals surface area contributed by atoms with Gasteiger partial charge >= 0.3 is 0 Å². The second-order valence-corrected chi connectivity index (χ2v) is 7.12. The molecule has 1 aromatic rings. The van der Waals surface area contributed by atoms with Crippen molar-refractivity contribution in [2.45, 2.75) is 18.2 Å². The van der Waals surface area contributed by atoms with Gasteiger partial charge in [-0.15, -0.1) is 0 Å². The molecular formula is C14H23N3O3S. The van der Waals surface area contributed by atoms with Crippen LogP contribution in [-0.2, 0) is 16.4 Å². The quantitative estimate of drug-likeness (QED) is 0.755. The highest BCUT2D eigenvalue weighted by atomic mass is 32.2. The minimum absolute atomic E-state index is 0.0990. The molecule has 21 heavy (non-hydrogen) atoms. The summed E-state index contributed by atoms with van der Waals surface area (Å²) in [6.45, 7) is 4.84. The highest BCUT2D eigenvalue weighted by Gasteiger charge is 2.28. The number of hydrogen-bond acceptors (Lipinski definition) is 5. The van der Waals surface area contributed by atoms with Crippen molar-refractivity contribution in [1.29, 1.82) is 0 Å². The van der Waals surface area contributed by atoms with Gasteiger partial charge in [0.15, 0.2) is 0 Å². The average molecular weight is 313 g/mol. The standard InChI is InChI=1S/C14H23N3O3S/c1-2-12-3-4-13(11-14(12)15)21(19,20)17-7-5-16(6-8-17)9-10-18/h3-4,11,18H,2,5-10,15H2,1H3. The monoisotopic (exact) mass is 313 g/mol. The molecule has 1 aliphatic heterocycles. The van der Waals surface area contributed by atoms with E-state index in [1.807, 2.05) is 6.92 Å². The molecule has 0 aromatic heterocycles. The first kappa shape index (κ1) is 16.2. The van der Waals surface area contributed by atoms with Crippen LogP contribution in [0.15, 0.2) is 23.1 Å². The van der Waals surface area contributed by atoms with E-state index in [2.05, 4.69) is 4.90 Å². The second kappa shape index (κ2) is 6.74. The van der Waals surface area contributed by atoms with Crippen LogP contribution in [0, 0.1) is 0 Å². The van der Waals surface area contributed by atoms with E-state index in [9.17, 15) is 8.42 Å². The Kier molecular flexibility index (Phi) is 5.21. The summed E-state index contributed by atoms with van der Waals surface area (Å²) < 4.78 is 26.7. The zero-order valence-corrected chi connectivity index (χ0v) is 13.1. The molecule has 2 rings (SSSR count). The van der Waals surface area contributed by atoms with Crippen LogP contribution >= 0.6 is 0 Å². The molecule has 0 saturated carbocycles. The maximum Gasteiger partial charge on any atom is 0.243 e. The summed E-state index contributed by atoms with van der Waals surface area (Å²) in [6, 6.07) is 4.96. The van der Waals surface area contributed by atoms with Gasteiger partial charge in [0.1, 0.15) is 0 Å². The zero-order valence-electron chi connectivity index (χ0n) is 12.3. The molecule has 7 heteroatoms. The first-order chi connectivity index (χ1) is 9.98. The summed E-state index contributed by atoms with van der Waals surface area (Å²) in [5.74, 6) is 0. The van der Waals surface area contributed by atoms with E-state index in [1.165, 1.54) is 4.31 Å². The molecule has 1 saturated heterocycles. The summed E-state index contributed by atoms with van der Waals surface area (Å²) in [4.78, 5) is 2.31. The number of nitrogen functional groups attached to an aromatic ring is 1. The minimum atomic E-state index is -3.48. The smallest absolute Gasteiger partial charge is 0.243 e. The fourth-order valence-electron chi connectivity index (χ4n) is 2.54. The van der Waals surface area contributed by atoms with Crippen LogP contribution in [-0.4, -0.2) is 62.1 Å². The van der Waals surface area contributed by atoms with Gasteiger partial charge in [-0.1, -0.05) is 13.0 Å². The summed E-state index contributed by atoms with van der Waals surface area (Å²) in [5, 5.41) is 8.91. The van der Waals surface area contributed by atoms with Crippen molar-refractivity contribution < 1.29 is 13.5 Å². The lowest BCUT2D eigenvalue weighted by atomic mass is 10.1. The van der Waals surface area contributed by atoms with E-state index in [1.54, 1.807) is 18.2 Å². The van der Waals surface area contributed by atoms with Gasteiger partial charge in [-0.25, -0.2) is 8.42 Å². The molecule has 118 valence electrons. The topological polar surface area (TPSA) is 86.9 Å². The molecule has 0 atom stereocenters. The second-order valence-electron chi connectivity index (χ2n) is 5.18. The van der Waals surface area contributed by atoms with Crippen molar-refractivity contribution in [3.8, 4) is 0 Å². The highest BCUT2D eigenvalue weighted by Crippen LogP contribution is 2.22. The molecule has 0 unspecified atom stereocenters. The number of anilines is 1. The predicted molar refractivity (Wildman–Crippen MR) is 82.5 cm³/mol. The third-order valence-corrected chi connectivity index (χ3v) is 5.78. The Morgan fingerprint density at radius 2 is 1.90 bits per heavy atom. The van der Waals surface area contributed by atoms with Gasteiger partial charge in [-0.2, -0.15) is 4.31 Å². The number of β-amino-alcohol motifs (C(OH)–C–C–N with tert-alkyl or cyclic N) is 1. The SMILES string of the molecule is CCc1ccc(S(=O)(=O)N2CCN(CCO)CC2)cc1N. The van der Waals surface area contributed by atoms with E-state index < -0.39 is 10.0 Å². The molecule has 0 bridgehead atoms. The Labute approximate surface area is 126 Å². The Morgan fingerprint density at radius 1 is 1.24 bits per heavy atom. The fraction of sp³-hybridized carbons (Fsp3) is 0.571. The normalized spacial score (nSPS) is 18.0. The molecule has 0 aliphatic carbocycles. The van der Waals surface area contributed by atoms with E-state index in [4.69, 9.17) is 10.8 Å². The third kappa shape index (κ3) is 3.55. The maximum atomic E-state index is 12.6. The Bertz CT molecular complexity index is 581. The van der Waals surface area contributed by atoms with E-state index in [0.717, 1.165) is 12.0 Å². The Hall–Kier alpha value is -1.15. The molecule has 0 spiro atoms. The predicted octanol–water partition coefficient (Wildman–Crippen LogP) is 0.130. The van der Waals surface area contributed by atoms with Crippen molar-refractivity contribution in [3.05, 3.63) is 23.8 Å². The Morgan fingerprint density at radius 3 is 2.43 bits per heavy atom. The molecule has 3 N–H and O–H groups in total. The first-order valence-corrected chi connectivity index (χ1v) is 8.64. The Balaban J connectivity index is 2.14. The lowest BCUT2D eigenvalue weighted by Crippen LogP contribution is -2.49. The number of aliphatic hydroxyl groups excluding tert-OH is 1. The molecule has 1 aromatic carbocycles. The number of aliphatic hydroxyl groups is 1. The minimum Gasteiger partial charge on any atom is -0.398 e. The summed E-state index contributed by atoms with van der Waals surface area (Å²) in [6.07, 6.45) is 0.784. The van der Waals surface area contributed by atoms with Gasteiger partial charge in [0.2, 0.25) is 10.0 Å². The van der Waals surface area contributed by atoms with Crippen molar-refractivity contribution >= 4 is 15.7 Å².